The second kappa shape index (κ2) is 9.52. The fourth-order valence-corrected chi connectivity index (χ4v) is 5.44. The summed E-state index contributed by atoms with van der Waals surface area (Å²) < 4.78 is 38.9. The van der Waals surface area contributed by atoms with Gasteiger partial charge in [0, 0.05) is 50.8 Å². The summed E-state index contributed by atoms with van der Waals surface area (Å²) in [5, 5.41) is 0. The number of ether oxygens (including phenoxy) is 1. The third-order valence-corrected chi connectivity index (χ3v) is 7.60. The Balaban J connectivity index is 1.35. The number of morpholine rings is 1. The van der Waals surface area contributed by atoms with Crippen LogP contribution in [0.5, 0.6) is 0 Å². The van der Waals surface area contributed by atoms with Gasteiger partial charge in [0.05, 0.1) is 29.7 Å². The van der Waals surface area contributed by atoms with E-state index >= 15 is 8.78 Å². The monoisotopic (exact) mass is 508 g/mol. The van der Waals surface area contributed by atoms with Crippen molar-refractivity contribution in [2.75, 3.05) is 31.1 Å². The zero-order valence-corrected chi connectivity index (χ0v) is 20.9. The minimum atomic E-state index is -0.762. The van der Waals surface area contributed by atoms with Crippen molar-refractivity contribution in [3.63, 3.8) is 0 Å². The summed E-state index contributed by atoms with van der Waals surface area (Å²) >= 11 is 0. The Bertz CT molecular complexity index is 1360. The molecular formula is C28H30F2N4O3. The van der Waals surface area contributed by atoms with Crippen LogP contribution in [0.3, 0.4) is 0 Å². The Morgan fingerprint density at radius 1 is 1.16 bits per heavy atom. The van der Waals surface area contributed by atoms with E-state index in [0.29, 0.717) is 69.2 Å². The summed E-state index contributed by atoms with van der Waals surface area (Å²) in [6, 6.07) is 6.23. The molecule has 7 nitrogen and oxygen atoms in total. The topological polar surface area (TPSA) is 67.2 Å². The molecule has 3 aromatic rings. The molecule has 1 atom stereocenters. The van der Waals surface area contributed by atoms with E-state index < -0.39 is 11.6 Å². The zero-order chi connectivity index (χ0) is 25.7. The molecule has 2 aromatic heterocycles. The number of fused-ring (bicyclic) bond motifs is 1. The van der Waals surface area contributed by atoms with Gasteiger partial charge in [-0.25, -0.2) is 13.8 Å². The molecule has 1 aromatic carbocycles. The first-order valence-electron chi connectivity index (χ1n) is 13.0. The van der Waals surface area contributed by atoms with Crippen molar-refractivity contribution in [2.24, 2.45) is 5.92 Å². The van der Waals surface area contributed by atoms with Crippen LogP contribution in [-0.4, -0.2) is 58.4 Å². The van der Waals surface area contributed by atoms with Crippen molar-refractivity contribution in [3.8, 4) is 11.3 Å². The molecule has 9 heteroatoms. The Morgan fingerprint density at radius 3 is 2.65 bits per heavy atom. The van der Waals surface area contributed by atoms with Crippen molar-refractivity contribution in [2.45, 2.75) is 51.6 Å². The summed E-state index contributed by atoms with van der Waals surface area (Å²) in [4.78, 5) is 32.8. The molecule has 0 unspecified atom stereocenters. The number of hydrogen-bond donors (Lipinski definition) is 0. The van der Waals surface area contributed by atoms with Gasteiger partial charge in [-0.1, -0.05) is 0 Å². The van der Waals surface area contributed by atoms with E-state index in [-0.39, 0.29) is 34.9 Å². The van der Waals surface area contributed by atoms with Crippen molar-refractivity contribution < 1.29 is 23.1 Å². The lowest BCUT2D eigenvalue weighted by Crippen LogP contribution is -2.46. The Morgan fingerprint density at radius 2 is 1.95 bits per heavy atom. The van der Waals surface area contributed by atoms with Crippen molar-refractivity contribution >= 4 is 23.1 Å². The number of benzene rings is 1. The molecule has 4 heterocycles. The molecule has 0 spiro atoms. The fraction of sp³-hybridized carbons (Fsp3) is 0.464. The van der Waals surface area contributed by atoms with Gasteiger partial charge in [0.2, 0.25) is 11.8 Å². The Labute approximate surface area is 214 Å². The van der Waals surface area contributed by atoms with Gasteiger partial charge in [-0.15, -0.1) is 0 Å². The number of hydrogen-bond acceptors (Lipinski definition) is 4. The van der Waals surface area contributed by atoms with E-state index in [1.165, 1.54) is 17.0 Å². The Hall–Kier alpha value is -3.33. The predicted octanol–water partition coefficient (Wildman–Crippen LogP) is 4.28. The van der Waals surface area contributed by atoms with Crippen LogP contribution in [0.25, 0.3) is 16.9 Å². The van der Waals surface area contributed by atoms with E-state index in [2.05, 4.69) is 4.98 Å². The number of rotatable bonds is 6. The maximum Gasteiger partial charge on any atom is 0.227 e. The molecule has 3 fully saturated rings. The quantitative estimate of drug-likeness (QED) is 0.499. The summed E-state index contributed by atoms with van der Waals surface area (Å²) in [5.74, 6) is -1.00. The third kappa shape index (κ3) is 4.72. The number of halogens is 2. The van der Waals surface area contributed by atoms with Gasteiger partial charge in [-0.05, 0) is 61.9 Å². The van der Waals surface area contributed by atoms with E-state index in [4.69, 9.17) is 4.74 Å². The molecule has 0 bridgehead atoms. The van der Waals surface area contributed by atoms with Crippen molar-refractivity contribution in [1.29, 1.82) is 0 Å². The highest BCUT2D eigenvalue weighted by Crippen LogP contribution is 2.35. The summed E-state index contributed by atoms with van der Waals surface area (Å²) in [5.41, 5.74) is 2.40. The lowest BCUT2D eigenvalue weighted by atomic mass is 10.0. The molecule has 37 heavy (non-hydrogen) atoms. The maximum atomic E-state index is 15.5. The molecule has 2 amide bonds. The van der Waals surface area contributed by atoms with E-state index in [1.807, 2.05) is 34.6 Å². The Kier molecular flexibility index (Phi) is 6.18. The SMILES string of the molecule is Cc1ccn2c(C[C@H]3CN(C(=O)CC4CC4)CCO3)c(-c3c(F)cc(N4CCCC4=O)cc3F)nc2c1. The molecule has 194 valence electrons. The highest BCUT2D eigenvalue weighted by atomic mass is 19.1. The average molecular weight is 509 g/mol. The van der Waals surface area contributed by atoms with Crippen LogP contribution in [-0.2, 0) is 20.7 Å². The fourth-order valence-electron chi connectivity index (χ4n) is 5.44. The van der Waals surface area contributed by atoms with Gasteiger partial charge in [0.1, 0.15) is 17.3 Å². The molecule has 6 rings (SSSR count). The molecule has 0 radical (unpaired) electrons. The van der Waals surface area contributed by atoms with E-state index in [9.17, 15) is 9.59 Å². The van der Waals surface area contributed by atoms with Gasteiger partial charge < -0.3 is 18.9 Å². The van der Waals surface area contributed by atoms with E-state index in [1.54, 1.807) is 0 Å². The number of nitrogens with zero attached hydrogens (tertiary/aromatic N) is 4. The van der Waals surface area contributed by atoms with Crippen LogP contribution in [0.2, 0.25) is 0 Å². The molecule has 0 N–H and O–H groups in total. The van der Waals surface area contributed by atoms with Gasteiger partial charge in [-0.3, -0.25) is 9.59 Å². The number of aryl methyl sites for hydroxylation is 1. The van der Waals surface area contributed by atoms with Crippen LogP contribution < -0.4 is 4.90 Å². The maximum absolute atomic E-state index is 15.5. The zero-order valence-electron chi connectivity index (χ0n) is 20.9. The minimum absolute atomic E-state index is 0.134. The first kappa shape index (κ1) is 24.0. The number of amides is 2. The first-order chi connectivity index (χ1) is 17.9. The van der Waals surface area contributed by atoms with Crippen molar-refractivity contribution in [3.05, 3.63) is 53.4 Å². The summed E-state index contributed by atoms with van der Waals surface area (Å²) in [6.07, 6.45) is 5.74. The second-order valence-electron chi connectivity index (χ2n) is 10.5. The van der Waals surface area contributed by atoms with Gasteiger partial charge in [0.15, 0.2) is 0 Å². The van der Waals surface area contributed by atoms with Crippen LogP contribution >= 0.6 is 0 Å². The van der Waals surface area contributed by atoms with Gasteiger partial charge in [-0.2, -0.15) is 0 Å². The number of carbonyl (C=O) groups is 2. The standard InChI is InChI=1S/C28H30F2N4O3/c1-17-6-8-34-23(15-20-16-32(9-10-37-20)26(36)12-18-4-5-18)28(31-24(34)11-17)27-21(29)13-19(14-22(27)30)33-7-2-3-25(33)35/h6,8,11,13-14,18,20H,2-5,7,9-10,12,15-16H2,1H3/t20-/m0/s1. The molecule has 1 saturated carbocycles. The minimum Gasteiger partial charge on any atom is -0.374 e. The predicted molar refractivity (Wildman–Crippen MR) is 134 cm³/mol. The van der Waals surface area contributed by atoms with Crippen LogP contribution in [0.4, 0.5) is 14.5 Å². The first-order valence-corrected chi connectivity index (χ1v) is 13.0. The third-order valence-electron chi connectivity index (χ3n) is 7.60. The summed E-state index contributed by atoms with van der Waals surface area (Å²) in [6.45, 7) is 3.80. The number of imidazole rings is 1. The molecule has 2 saturated heterocycles. The highest BCUT2D eigenvalue weighted by molar-refractivity contribution is 5.95. The van der Waals surface area contributed by atoms with Gasteiger partial charge in [0.25, 0.3) is 0 Å². The highest BCUT2D eigenvalue weighted by Gasteiger charge is 2.32. The number of pyridine rings is 1. The lowest BCUT2D eigenvalue weighted by molar-refractivity contribution is -0.139. The normalized spacial score (nSPS) is 20.3. The van der Waals surface area contributed by atoms with Crippen LogP contribution in [0.1, 0.15) is 43.4 Å². The summed E-state index contributed by atoms with van der Waals surface area (Å²) in [7, 11) is 0. The average Bonchev–Trinajstić information content (AvgIpc) is 3.47. The molecule has 1 aliphatic carbocycles. The molecule has 2 aliphatic heterocycles. The smallest absolute Gasteiger partial charge is 0.227 e. The number of aromatic nitrogens is 2. The molecule has 3 aliphatic rings. The van der Waals surface area contributed by atoms with E-state index in [0.717, 1.165) is 18.4 Å². The van der Waals surface area contributed by atoms with Crippen LogP contribution in [0, 0.1) is 24.5 Å². The second-order valence-corrected chi connectivity index (χ2v) is 10.5. The lowest BCUT2D eigenvalue weighted by Gasteiger charge is -2.33. The molecular weight excluding hydrogens is 478 g/mol. The van der Waals surface area contributed by atoms with Crippen LogP contribution in [0.15, 0.2) is 30.5 Å². The number of carbonyl (C=O) groups excluding carboxylic acids is 2. The van der Waals surface area contributed by atoms with Crippen molar-refractivity contribution in [1.82, 2.24) is 14.3 Å². The largest absolute Gasteiger partial charge is 0.374 e. The van der Waals surface area contributed by atoms with Gasteiger partial charge >= 0.3 is 0 Å². The number of anilines is 1.